The number of likely N-dealkylation sites (N-methyl/N-ethyl adjacent to an activating group) is 1. The summed E-state index contributed by atoms with van der Waals surface area (Å²) >= 11 is 0. The van der Waals surface area contributed by atoms with Crippen LogP contribution in [0.15, 0.2) is 194 Å². The lowest BCUT2D eigenvalue weighted by atomic mass is 10.1. The van der Waals surface area contributed by atoms with E-state index in [-0.39, 0.29) is 26.1 Å². The first kappa shape index (κ1) is 74.8. The van der Waals surface area contributed by atoms with E-state index >= 15 is 0 Å². The molecule has 0 N–H and O–H groups in total. The maximum absolute atomic E-state index is 12.8. The van der Waals surface area contributed by atoms with Gasteiger partial charge in [0.15, 0.2) is 6.10 Å². The predicted molar refractivity (Wildman–Crippen MR) is 341 cm³/mol. The Bertz CT molecular complexity index is 2050. The zero-order valence-electron chi connectivity index (χ0n) is 50.4. The van der Waals surface area contributed by atoms with E-state index in [2.05, 4.69) is 208 Å². The van der Waals surface area contributed by atoms with Crippen LogP contribution in [0.4, 0.5) is 0 Å². The molecule has 0 bridgehead atoms. The Morgan fingerprint density at radius 3 is 1.01 bits per heavy atom. The largest absolute Gasteiger partial charge is 0.756 e. The van der Waals surface area contributed by atoms with E-state index in [0.717, 1.165) is 141 Å². The van der Waals surface area contributed by atoms with Crippen molar-refractivity contribution in [2.45, 2.75) is 187 Å². The number of allylic oxidation sites excluding steroid dienone is 32. The molecule has 0 fully saturated rings. The van der Waals surface area contributed by atoms with Crippen LogP contribution in [0, 0.1) is 0 Å². The number of unbranched alkanes of at least 4 members (excludes halogenated alkanes) is 6. The first-order valence-electron chi connectivity index (χ1n) is 30.1. The summed E-state index contributed by atoms with van der Waals surface area (Å²) in [4.78, 5) is 37.8. The lowest BCUT2D eigenvalue weighted by molar-refractivity contribution is -0.870. The summed E-state index contributed by atoms with van der Waals surface area (Å²) in [7, 11) is 1.09. The molecule has 2 atom stereocenters. The van der Waals surface area contributed by atoms with Crippen LogP contribution < -0.4 is 4.89 Å². The van der Waals surface area contributed by atoms with Crippen LogP contribution in [0.3, 0.4) is 0 Å². The van der Waals surface area contributed by atoms with Gasteiger partial charge in [0.05, 0.1) is 27.7 Å². The highest BCUT2D eigenvalue weighted by Crippen LogP contribution is 2.38. The molecule has 0 rings (SSSR count). The predicted octanol–water partition coefficient (Wildman–Crippen LogP) is 18.7. The van der Waals surface area contributed by atoms with Gasteiger partial charge in [-0.1, -0.05) is 221 Å². The highest BCUT2D eigenvalue weighted by atomic mass is 31.2. The Kier molecular flexibility index (Phi) is 54.7. The Balaban J connectivity index is 4.24. The minimum absolute atomic E-state index is 0.0543. The second-order valence-electron chi connectivity index (χ2n) is 20.2. The number of ether oxygens (including phenoxy) is 2. The molecule has 0 aliphatic rings. The zero-order chi connectivity index (χ0) is 58.4. The molecule has 10 heteroatoms. The zero-order valence-corrected chi connectivity index (χ0v) is 51.3. The van der Waals surface area contributed by atoms with Crippen molar-refractivity contribution < 1.29 is 42.1 Å². The Morgan fingerprint density at radius 1 is 0.388 bits per heavy atom. The minimum atomic E-state index is -4.67. The Morgan fingerprint density at radius 2 is 0.675 bits per heavy atom. The van der Waals surface area contributed by atoms with Crippen molar-refractivity contribution in [3.63, 3.8) is 0 Å². The third-order valence-electron chi connectivity index (χ3n) is 11.6. The molecule has 0 amide bonds. The molecule has 0 aliphatic heterocycles. The summed E-state index contributed by atoms with van der Waals surface area (Å²) in [6, 6.07) is 0. The summed E-state index contributed by atoms with van der Waals surface area (Å²) in [5, 5.41) is 0. The van der Waals surface area contributed by atoms with E-state index in [1.807, 2.05) is 21.1 Å². The molecule has 446 valence electrons. The van der Waals surface area contributed by atoms with Crippen LogP contribution >= 0.6 is 7.82 Å². The summed E-state index contributed by atoms with van der Waals surface area (Å²) < 4.78 is 34.0. The van der Waals surface area contributed by atoms with Crippen LogP contribution in [0.25, 0.3) is 0 Å². The average Bonchev–Trinajstić information content (AvgIpc) is 3.42. The van der Waals surface area contributed by atoms with Gasteiger partial charge in [-0.15, -0.1) is 0 Å². The van der Waals surface area contributed by atoms with Crippen molar-refractivity contribution in [2.24, 2.45) is 0 Å². The highest BCUT2D eigenvalue weighted by Gasteiger charge is 2.21. The monoisotopic (exact) mass is 1120 g/mol. The van der Waals surface area contributed by atoms with Gasteiger partial charge in [0.1, 0.15) is 19.8 Å². The van der Waals surface area contributed by atoms with E-state index in [9.17, 15) is 19.0 Å². The van der Waals surface area contributed by atoms with Crippen LogP contribution in [-0.2, 0) is 32.7 Å². The van der Waals surface area contributed by atoms with Crippen molar-refractivity contribution in [1.82, 2.24) is 0 Å². The van der Waals surface area contributed by atoms with Gasteiger partial charge in [-0.05, 0) is 141 Å². The number of carbonyl (C=O) groups is 2. The fraction of sp³-hybridized carbons (Fsp3) is 0.514. The molecular formula is C70H108NO8P. The third kappa shape index (κ3) is 62.1. The van der Waals surface area contributed by atoms with Crippen molar-refractivity contribution in [3.05, 3.63) is 194 Å². The number of esters is 2. The van der Waals surface area contributed by atoms with Gasteiger partial charge >= 0.3 is 11.9 Å². The number of phosphoric acid groups is 1. The van der Waals surface area contributed by atoms with Crippen LogP contribution in [0.5, 0.6) is 0 Å². The molecule has 0 spiro atoms. The maximum atomic E-state index is 12.8. The summed E-state index contributed by atoms with van der Waals surface area (Å²) in [5.74, 6) is -0.931. The van der Waals surface area contributed by atoms with Crippen molar-refractivity contribution in [1.29, 1.82) is 0 Å². The molecule has 9 nitrogen and oxygen atoms in total. The SMILES string of the molecule is CC/C=C\C/C=C\C/C=C\C/C=C\C/C=C\C/C=C\C/C=C\C/C=C\C/C=C\C/C=C\C/C=C\C/C=C\CCCCCCC(=O)OC(COC(=O)CCCC/C=C\C/C=C\C/C=C\C/C=C\CC)COP(=O)([O-])OCC[N+](C)(C)C. The fourth-order valence-corrected chi connectivity index (χ4v) is 7.77. The van der Waals surface area contributed by atoms with E-state index in [4.69, 9.17) is 18.5 Å². The van der Waals surface area contributed by atoms with Crippen molar-refractivity contribution in [3.8, 4) is 0 Å². The van der Waals surface area contributed by atoms with Crippen LogP contribution in [-0.4, -0.2) is 70.0 Å². The number of hydrogen-bond acceptors (Lipinski definition) is 8. The highest BCUT2D eigenvalue weighted by molar-refractivity contribution is 7.45. The standard InChI is InChI=1S/C70H108NO8P/c1-6-8-10-12-14-16-18-20-22-23-24-25-26-27-28-29-30-31-32-33-34-35-36-37-38-39-40-41-42-43-44-45-46-47-49-51-53-55-57-59-61-63-70(73)79-68(67-78-80(74,75)77-65-64-71(3,4)5)66-76-69(72)62-60-58-56-54-52-50-48-21-19-17-15-13-11-9-7-2/h8-11,14-17,20-22,24-25,27-28,30-31,33-34,36-37,39-40,42-43,45-46,48-49,51-52,54,68H,6-7,12-13,18-19,23,26,29,32,35,38,41,44,47,50,53,55-67H2,1-5H3/b10-8-,11-9-,16-14-,17-15-,22-20-,25-24-,28-27-,31-30-,34-33-,37-36-,40-39-,43-42-,46-45-,48-21-,51-49-,54-52-. The van der Waals surface area contributed by atoms with Crippen LogP contribution in [0.2, 0.25) is 0 Å². The molecule has 0 aromatic carbocycles. The third-order valence-corrected chi connectivity index (χ3v) is 12.6. The van der Waals surface area contributed by atoms with Crippen LogP contribution in [0.1, 0.15) is 181 Å². The summed E-state index contributed by atoms with van der Waals surface area (Å²) in [6.07, 6.45) is 92.1. The number of phosphoric ester groups is 1. The molecule has 0 saturated carbocycles. The van der Waals surface area contributed by atoms with Crippen molar-refractivity contribution in [2.75, 3.05) is 47.5 Å². The van der Waals surface area contributed by atoms with Gasteiger partial charge in [-0.3, -0.25) is 14.2 Å². The molecule has 0 radical (unpaired) electrons. The molecule has 2 unspecified atom stereocenters. The topological polar surface area (TPSA) is 111 Å². The van der Waals surface area contributed by atoms with E-state index < -0.39 is 32.5 Å². The van der Waals surface area contributed by atoms with Gasteiger partial charge in [0, 0.05) is 12.8 Å². The molecule has 0 aromatic heterocycles. The van der Waals surface area contributed by atoms with Gasteiger partial charge in [-0.25, -0.2) is 0 Å². The van der Waals surface area contributed by atoms with E-state index in [1.165, 1.54) is 0 Å². The summed E-state index contributed by atoms with van der Waals surface area (Å²) in [5.41, 5.74) is 0. The molecule has 0 saturated heterocycles. The number of nitrogens with zero attached hydrogens (tertiary/aromatic N) is 1. The molecule has 0 heterocycles. The Labute approximate surface area is 488 Å². The van der Waals surface area contributed by atoms with E-state index in [1.54, 1.807) is 0 Å². The van der Waals surface area contributed by atoms with Crippen molar-refractivity contribution >= 4 is 19.8 Å². The number of quaternary nitrogens is 1. The number of hydrogen-bond donors (Lipinski definition) is 0. The van der Waals surface area contributed by atoms with Gasteiger partial charge in [-0.2, -0.15) is 0 Å². The van der Waals surface area contributed by atoms with Gasteiger partial charge < -0.3 is 27.9 Å². The summed E-state index contributed by atoms with van der Waals surface area (Å²) in [6.45, 7) is 3.88. The number of carbonyl (C=O) groups excluding carboxylic acids is 2. The molecule has 80 heavy (non-hydrogen) atoms. The first-order chi connectivity index (χ1) is 39.0. The fourth-order valence-electron chi connectivity index (χ4n) is 7.04. The Hall–Kier alpha value is -5.15. The second-order valence-corrected chi connectivity index (χ2v) is 21.7. The van der Waals surface area contributed by atoms with Gasteiger partial charge in [0.25, 0.3) is 7.82 Å². The average molecular weight is 1120 g/mol. The minimum Gasteiger partial charge on any atom is -0.756 e. The lowest BCUT2D eigenvalue weighted by Gasteiger charge is -2.28. The smallest absolute Gasteiger partial charge is 0.306 e. The molecule has 0 aromatic rings. The second kappa shape index (κ2) is 58.5. The normalized spacial score (nSPS) is 14.6. The lowest BCUT2D eigenvalue weighted by Crippen LogP contribution is -2.37. The molecule has 0 aliphatic carbocycles. The number of rotatable bonds is 52. The maximum Gasteiger partial charge on any atom is 0.306 e. The van der Waals surface area contributed by atoms with Gasteiger partial charge in [0.2, 0.25) is 0 Å². The molecular weight excluding hydrogens is 1010 g/mol. The first-order valence-corrected chi connectivity index (χ1v) is 31.6. The quantitative estimate of drug-likeness (QED) is 0.0195. The van der Waals surface area contributed by atoms with E-state index in [0.29, 0.717) is 23.9 Å².